The van der Waals surface area contributed by atoms with E-state index in [0.717, 1.165) is 17.9 Å². The fourth-order valence-corrected chi connectivity index (χ4v) is 2.35. The molecule has 4 nitrogen and oxygen atoms in total. The Morgan fingerprint density at radius 2 is 1.47 bits per heavy atom. The highest BCUT2D eigenvalue weighted by atomic mass is 32.2. The molecular formula is C12H14O4S. The van der Waals surface area contributed by atoms with Crippen LogP contribution in [0.15, 0.2) is 41.3 Å². The molecule has 0 unspecified atom stereocenters. The van der Waals surface area contributed by atoms with Crippen LogP contribution in [0.4, 0.5) is 0 Å². The Balaban J connectivity index is 0.000000686. The van der Waals surface area contributed by atoms with Gasteiger partial charge in [0, 0.05) is 7.11 Å². The summed E-state index contributed by atoms with van der Waals surface area (Å²) in [5.41, 5.74) is 0.552. The standard InChI is InChI=1S/C11H10O3S.CH4O/c1-8-6-9-4-2-3-5-10(9)7-11(8)15(12,13)14;1-2/h2-7H,1H3,(H,12,13,14);2H,1H3. The molecule has 0 spiro atoms. The van der Waals surface area contributed by atoms with E-state index in [0.29, 0.717) is 5.56 Å². The quantitative estimate of drug-likeness (QED) is 0.763. The number of benzene rings is 2. The summed E-state index contributed by atoms with van der Waals surface area (Å²) in [4.78, 5) is -0.0267. The molecule has 5 heteroatoms. The third-order valence-corrected chi connectivity index (χ3v) is 3.32. The Hall–Kier alpha value is -1.43. The first-order valence-electron chi connectivity index (χ1n) is 4.90. The van der Waals surface area contributed by atoms with Gasteiger partial charge in [0.25, 0.3) is 10.1 Å². The van der Waals surface area contributed by atoms with E-state index in [-0.39, 0.29) is 4.90 Å². The lowest BCUT2D eigenvalue weighted by atomic mass is 10.1. The molecule has 17 heavy (non-hydrogen) atoms. The summed E-state index contributed by atoms with van der Waals surface area (Å²) in [5, 5.41) is 8.76. The van der Waals surface area contributed by atoms with Crippen molar-refractivity contribution in [3.05, 3.63) is 42.0 Å². The fraction of sp³-hybridized carbons (Fsp3) is 0.167. The monoisotopic (exact) mass is 254 g/mol. The smallest absolute Gasteiger partial charge is 0.294 e. The van der Waals surface area contributed by atoms with E-state index in [2.05, 4.69) is 0 Å². The van der Waals surface area contributed by atoms with Crippen molar-refractivity contribution in [3.8, 4) is 0 Å². The van der Waals surface area contributed by atoms with E-state index in [9.17, 15) is 8.42 Å². The Bertz CT molecular complexity index is 617. The first kappa shape index (κ1) is 13.6. The maximum Gasteiger partial charge on any atom is 0.294 e. The number of aliphatic hydroxyl groups is 1. The SMILES string of the molecule is CO.Cc1cc2ccccc2cc1S(=O)(=O)O. The van der Waals surface area contributed by atoms with Crippen LogP contribution >= 0.6 is 0 Å². The van der Waals surface area contributed by atoms with E-state index >= 15 is 0 Å². The van der Waals surface area contributed by atoms with Crippen LogP contribution in [0.5, 0.6) is 0 Å². The molecular weight excluding hydrogens is 240 g/mol. The van der Waals surface area contributed by atoms with Crippen molar-refractivity contribution in [2.45, 2.75) is 11.8 Å². The highest BCUT2D eigenvalue weighted by molar-refractivity contribution is 7.85. The van der Waals surface area contributed by atoms with E-state index in [1.165, 1.54) is 6.07 Å². The molecule has 0 saturated carbocycles. The minimum Gasteiger partial charge on any atom is -0.400 e. The summed E-state index contributed by atoms with van der Waals surface area (Å²) in [6.45, 7) is 1.66. The summed E-state index contributed by atoms with van der Waals surface area (Å²) < 4.78 is 31.1. The summed E-state index contributed by atoms with van der Waals surface area (Å²) in [6, 6.07) is 10.7. The van der Waals surface area contributed by atoms with Crippen molar-refractivity contribution in [1.82, 2.24) is 0 Å². The van der Waals surface area contributed by atoms with Gasteiger partial charge in [-0.2, -0.15) is 8.42 Å². The molecule has 0 aromatic heterocycles. The average molecular weight is 254 g/mol. The highest BCUT2D eigenvalue weighted by Gasteiger charge is 2.13. The molecule has 0 fully saturated rings. The van der Waals surface area contributed by atoms with Crippen LogP contribution in [0.1, 0.15) is 5.56 Å². The van der Waals surface area contributed by atoms with Gasteiger partial charge in [-0.15, -0.1) is 0 Å². The second-order valence-electron chi connectivity index (χ2n) is 3.44. The van der Waals surface area contributed by atoms with Gasteiger partial charge >= 0.3 is 0 Å². The van der Waals surface area contributed by atoms with Crippen LogP contribution < -0.4 is 0 Å². The maximum absolute atomic E-state index is 11.1. The molecule has 0 saturated heterocycles. The zero-order chi connectivity index (χ0) is 13.1. The number of hydrogen-bond donors (Lipinski definition) is 2. The van der Waals surface area contributed by atoms with Gasteiger partial charge in [-0.1, -0.05) is 30.3 Å². The molecule has 0 aliphatic carbocycles. The lowest BCUT2D eigenvalue weighted by Crippen LogP contribution is -2.00. The molecule has 0 bridgehead atoms. The van der Waals surface area contributed by atoms with Gasteiger partial charge < -0.3 is 5.11 Å². The highest BCUT2D eigenvalue weighted by Crippen LogP contribution is 2.22. The van der Waals surface area contributed by atoms with Gasteiger partial charge in [-0.3, -0.25) is 4.55 Å². The van der Waals surface area contributed by atoms with Gasteiger partial charge in [0.1, 0.15) is 0 Å². The Morgan fingerprint density at radius 3 is 1.94 bits per heavy atom. The van der Waals surface area contributed by atoms with Gasteiger partial charge in [0.2, 0.25) is 0 Å². The molecule has 0 atom stereocenters. The molecule has 0 amide bonds. The number of hydrogen-bond acceptors (Lipinski definition) is 3. The van der Waals surface area contributed by atoms with Crippen molar-refractivity contribution < 1.29 is 18.1 Å². The molecule has 0 heterocycles. The van der Waals surface area contributed by atoms with Crippen molar-refractivity contribution in [1.29, 1.82) is 0 Å². The number of rotatable bonds is 1. The molecule has 0 aliphatic rings. The second-order valence-corrected chi connectivity index (χ2v) is 4.83. The number of aryl methyl sites for hydroxylation is 1. The minimum atomic E-state index is -4.12. The van der Waals surface area contributed by atoms with E-state index < -0.39 is 10.1 Å². The van der Waals surface area contributed by atoms with Crippen molar-refractivity contribution in [3.63, 3.8) is 0 Å². The van der Waals surface area contributed by atoms with Crippen LogP contribution in [0.2, 0.25) is 0 Å². The van der Waals surface area contributed by atoms with Crippen LogP contribution in [-0.2, 0) is 10.1 Å². The molecule has 2 rings (SSSR count). The van der Waals surface area contributed by atoms with Crippen LogP contribution in [-0.4, -0.2) is 25.2 Å². The first-order valence-corrected chi connectivity index (χ1v) is 6.34. The summed E-state index contributed by atoms with van der Waals surface area (Å²) >= 11 is 0. The van der Waals surface area contributed by atoms with E-state index in [4.69, 9.17) is 9.66 Å². The third kappa shape index (κ3) is 3.03. The molecule has 0 radical (unpaired) electrons. The Kier molecular flexibility index (Phi) is 4.22. The van der Waals surface area contributed by atoms with Gasteiger partial charge in [-0.25, -0.2) is 0 Å². The van der Waals surface area contributed by atoms with Crippen molar-refractivity contribution in [2.75, 3.05) is 7.11 Å². The summed E-state index contributed by atoms with van der Waals surface area (Å²) in [6.07, 6.45) is 0. The average Bonchev–Trinajstić information content (AvgIpc) is 2.29. The van der Waals surface area contributed by atoms with Gasteiger partial charge in [-0.05, 0) is 29.3 Å². The first-order chi connectivity index (χ1) is 7.98. The summed E-state index contributed by atoms with van der Waals surface area (Å²) in [5.74, 6) is 0. The predicted molar refractivity (Wildman–Crippen MR) is 66.6 cm³/mol. The predicted octanol–water partition coefficient (Wildman–Crippen LogP) is 2.00. The fourth-order valence-electron chi connectivity index (χ4n) is 1.61. The summed E-state index contributed by atoms with van der Waals surface area (Å²) in [7, 11) is -3.12. The molecule has 92 valence electrons. The van der Waals surface area contributed by atoms with E-state index in [1.54, 1.807) is 13.0 Å². The van der Waals surface area contributed by atoms with Crippen LogP contribution in [0, 0.1) is 6.92 Å². The van der Waals surface area contributed by atoms with Crippen molar-refractivity contribution in [2.24, 2.45) is 0 Å². The van der Waals surface area contributed by atoms with E-state index in [1.807, 2.05) is 24.3 Å². The van der Waals surface area contributed by atoms with Gasteiger partial charge in [0.15, 0.2) is 0 Å². The number of fused-ring (bicyclic) bond motifs is 1. The van der Waals surface area contributed by atoms with Crippen LogP contribution in [0.3, 0.4) is 0 Å². The zero-order valence-electron chi connectivity index (χ0n) is 9.58. The minimum absolute atomic E-state index is 0.0267. The molecule has 2 aromatic rings. The van der Waals surface area contributed by atoms with Crippen molar-refractivity contribution >= 4 is 20.9 Å². The topological polar surface area (TPSA) is 74.6 Å². The zero-order valence-corrected chi connectivity index (χ0v) is 10.4. The molecule has 2 N–H and O–H groups in total. The maximum atomic E-state index is 11.1. The largest absolute Gasteiger partial charge is 0.400 e. The molecule has 2 aromatic carbocycles. The third-order valence-electron chi connectivity index (χ3n) is 2.32. The Morgan fingerprint density at radius 1 is 1.00 bits per heavy atom. The Labute approximate surface area is 100 Å². The lowest BCUT2D eigenvalue weighted by Gasteiger charge is -2.04. The molecule has 0 aliphatic heterocycles. The lowest BCUT2D eigenvalue weighted by molar-refractivity contribution is 0.399. The normalized spacial score (nSPS) is 10.8. The van der Waals surface area contributed by atoms with Gasteiger partial charge in [0.05, 0.1) is 4.90 Å². The number of aliphatic hydroxyl groups excluding tert-OH is 1. The second kappa shape index (κ2) is 5.27. The van der Waals surface area contributed by atoms with Crippen LogP contribution in [0.25, 0.3) is 10.8 Å².